The topological polar surface area (TPSA) is 203 Å². The fourth-order valence-electron chi connectivity index (χ4n) is 4.48. The summed E-state index contributed by atoms with van der Waals surface area (Å²) in [6.07, 6.45) is 2.92. The highest BCUT2D eigenvalue weighted by molar-refractivity contribution is 6.37. The first-order valence-electron chi connectivity index (χ1n) is 16.3. The van der Waals surface area contributed by atoms with E-state index in [1.807, 2.05) is 19.1 Å². The van der Waals surface area contributed by atoms with E-state index >= 15 is 0 Å². The average Bonchev–Trinajstić information content (AvgIpc) is 3.07. The number of unbranched alkanes of at least 4 members (excludes halogenated alkanes) is 1. The van der Waals surface area contributed by atoms with Crippen molar-refractivity contribution >= 4 is 46.7 Å². The Morgan fingerprint density at radius 3 is 2.14 bits per heavy atom. The van der Waals surface area contributed by atoms with Gasteiger partial charge in [-0.25, -0.2) is 4.98 Å². The number of azide groups is 1. The Bertz CT molecular complexity index is 1360. The van der Waals surface area contributed by atoms with Gasteiger partial charge in [-0.2, -0.15) is 0 Å². The first-order chi connectivity index (χ1) is 24.2. The van der Waals surface area contributed by atoms with Crippen molar-refractivity contribution in [3.05, 3.63) is 62.1 Å². The van der Waals surface area contributed by atoms with E-state index in [-0.39, 0.29) is 73.1 Å². The third-order valence-corrected chi connectivity index (χ3v) is 7.47. The second kappa shape index (κ2) is 26.2. The number of ketones is 1. The maximum absolute atomic E-state index is 12.7. The molecule has 3 N–H and O–H groups in total. The van der Waals surface area contributed by atoms with Gasteiger partial charge in [0.2, 0.25) is 5.91 Å². The van der Waals surface area contributed by atoms with Crippen LogP contribution in [-0.4, -0.2) is 107 Å². The molecule has 2 rings (SSSR count). The Labute approximate surface area is 301 Å². The van der Waals surface area contributed by atoms with Gasteiger partial charge in [0, 0.05) is 43.0 Å². The normalized spacial score (nSPS) is 11.4. The van der Waals surface area contributed by atoms with Crippen LogP contribution < -0.4 is 15.4 Å². The molecule has 17 heteroatoms. The summed E-state index contributed by atoms with van der Waals surface area (Å²) in [7, 11) is 0. The number of nitrogens with zero attached hydrogens (tertiary/aromatic N) is 4. The molecule has 0 spiro atoms. The number of carboxylic acids is 1. The molecule has 2 aromatic rings. The molecule has 1 aromatic carbocycles. The van der Waals surface area contributed by atoms with Crippen molar-refractivity contribution in [1.29, 1.82) is 0 Å². The van der Waals surface area contributed by atoms with E-state index in [9.17, 15) is 19.5 Å². The maximum Gasteiger partial charge on any atom is 0.303 e. The van der Waals surface area contributed by atoms with Gasteiger partial charge in [0.25, 0.3) is 0 Å². The highest BCUT2D eigenvalue weighted by atomic mass is 35.5. The number of benzene rings is 1. The smallest absolute Gasteiger partial charge is 0.303 e. The van der Waals surface area contributed by atoms with Crippen LogP contribution in [0.25, 0.3) is 10.4 Å². The lowest BCUT2D eigenvalue weighted by Crippen LogP contribution is -2.30. The van der Waals surface area contributed by atoms with E-state index < -0.39 is 11.9 Å². The third kappa shape index (κ3) is 19.5. The van der Waals surface area contributed by atoms with Crippen molar-refractivity contribution in [2.24, 2.45) is 5.11 Å². The largest absolute Gasteiger partial charge is 0.488 e. The van der Waals surface area contributed by atoms with E-state index in [0.717, 1.165) is 17.8 Å². The minimum absolute atomic E-state index is 0.122. The first-order valence-corrected chi connectivity index (χ1v) is 17.1. The van der Waals surface area contributed by atoms with Crippen LogP contribution in [-0.2, 0) is 33.3 Å². The fraction of sp³-hybridized carbons (Fsp3) is 0.576. The molecular formula is C33H46Cl2N6O9. The number of hydrogen-bond acceptors (Lipinski definition) is 11. The number of ether oxygens (including phenoxy) is 5. The number of carbonyl (C=O) groups excluding carboxylic acids is 2. The van der Waals surface area contributed by atoms with Crippen LogP contribution in [0.2, 0.25) is 10.0 Å². The number of pyridine rings is 1. The highest BCUT2D eigenvalue weighted by Gasteiger charge is 2.22. The lowest BCUT2D eigenvalue weighted by Gasteiger charge is -2.18. The van der Waals surface area contributed by atoms with Gasteiger partial charge in [-0.05, 0) is 60.7 Å². The van der Waals surface area contributed by atoms with Crippen LogP contribution in [0, 0.1) is 6.92 Å². The minimum Gasteiger partial charge on any atom is -0.488 e. The molecule has 50 heavy (non-hydrogen) atoms. The van der Waals surface area contributed by atoms with E-state index in [4.69, 9.17) is 52.4 Å². The molecule has 0 aliphatic carbocycles. The van der Waals surface area contributed by atoms with Crippen molar-refractivity contribution in [1.82, 2.24) is 10.3 Å². The average molecular weight is 742 g/mol. The predicted molar refractivity (Wildman–Crippen MR) is 188 cm³/mol. The third-order valence-electron chi connectivity index (χ3n) is 6.91. The number of Topliss-reactive ketones (excluding diaryl/α,β-unsaturated/α-hetero) is 1. The van der Waals surface area contributed by atoms with Crippen molar-refractivity contribution in [2.45, 2.75) is 44.9 Å². The zero-order valence-electron chi connectivity index (χ0n) is 28.2. The molecule has 0 aliphatic heterocycles. The molecular weight excluding hydrogens is 695 g/mol. The SMILES string of the molecule is Cc1ccnc(NCCCCC(=O)NCC(=O)CC(CC(=O)O)c2cc(Cl)c(OCCOCCOCCOCCOCCN=[N+]=[N-])c(Cl)c2)c1. The predicted octanol–water partition coefficient (Wildman–Crippen LogP) is 5.37. The molecule has 276 valence electrons. The standard InChI is InChI=1S/C33H46Cl2N6O9/c1-24-5-7-38-30(18-24)37-6-3-2-4-31(43)39-23-27(42)19-25(22-32(44)45)26-20-28(34)33(29(35)21-26)50-17-16-49-15-14-48-13-12-47-11-10-46-9-8-40-41-36/h5,7,18,20-21,25H,2-4,6,8-17,19,22-23H2,1H3,(H,37,38)(H,39,43)(H,44,45). The summed E-state index contributed by atoms with van der Waals surface area (Å²) in [5.41, 5.74) is 9.75. The van der Waals surface area contributed by atoms with Gasteiger partial charge in [0.15, 0.2) is 11.5 Å². The van der Waals surface area contributed by atoms with Gasteiger partial charge in [0.1, 0.15) is 12.4 Å². The Morgan fingerprint density at radius 1 is 0.920 bits per heavy atom. The molecule has 0 radical (unpaired) electrons. The number of amides is 1. The summed E-state index contributed by atoms with van der Waals surface area (Å²) in [6.45, 7) is 5.77. The van der Waals surface area contributed by atoms with E-state index in [2.05, 4.69) is 25.6 Å². The van der Waals surface area contributed by atoms with Crippen molar-refractivity contribution in [2.75, 3.05) is 84.4 Å². The zero-order chi connectivity index (χ0) is 36.4. The van der Waals surface area contributed by atoms with Crippen LogP contribution in [0.5, 0.6) is 5.75 Å². The molecule has 15 nitrogen and oxygen atoms in total. The molecule has 0 aliphatic rings. The number of hydrogen-bond donors (Lipinski definition) is 3. The van der Waals surface area contributed by atoms with Gasteiger partial charge in [-0.15, -0.1) is 0 Å². The molecule has 0 saturated carbocycles. The van der Waals surface area contributed by atoms with Gasteiger partial charge < -0.3 is 39.4 Å². The molecule has 1 atom stereocenters. The van der Waals surface area contributed by atoms with Crippen LogP contribution in [0.15, 0.2) is 35.6 Å². The number of aryl methyl sites for hydroxylation is 1. The molecule has 0 bridgehead atoms. The van der Waals surface area contributed by atoms with Gasteiger partial charge in [-0.3, -0.25) is 14.4 Å². The molecule has 1 amide bonds. The lowest BCUT2D eigenvalue weighted by molar-refractivity contribution is -0.137. The number of anilines is 1. The van der Waals surface area contributed by atoms with Gasteiger partial charge in [0.05, 0.1) is 75.9 Å². The summed E-state index contributed by atoms with van der Waals surface area (Å²) >= 11 is 12.9. The molecule has 0 fully saturated rings. The summed E-state index contributed by atoms with van der Waals surface area (Å²) in [4.78, 5) is 43.5. The van der Waals surface area contributed by atoms with Crippen LogP contribution in [0.3, 0.4) is 0 Å². The molecule has 0 saturated heterocycles. The van der Waals surface area contributed by atoms with Gasteiger partial charge >= 0.3 is 5.97 Å². The summed E-state index contributed by atoms with van der Waals surface area (Å²) in [5.74, 6) is -1.37. The minimum atomic E-state index is -1.09. The summed E-state index contributed by atoms with van der Waals surface area (Å²) < 4.78 is 27.2. The van der Waals surface area contributed by atoms with Gasteiger partial charge in [-0.1, -0.05) is 28.3 Å². The summed E-state index contributed by atoms with van der Waals surface area (Å²) in [6, 6.07) is 6.93. The van der Waals surface area contributed by atoms with Crippen molar-refractivity contribution in [3.63, 3.8) is 0 Å². The molecule has 1 unspecified atom stereocenters. The molecule has 1 aromatic heterocycles. The quantitative estimate of drug-likeness (QED) is 0.0419. The number of aliphatic carboxylic acids is 1. The number of rotatable bonds is 29. The number of aromatic nitrogens is 1. The van der Waals surface area contributed by atoms with E-state index in [0.29, 0.717) is 64.8 Å². The van der Waals surface area contributed by atoms with E-state index in [1.54, 1.807) is 6.20 Å². The Hall–Kier alpha value is -3.69. The van der Waals surface area contributed by atoms with Crippen LogP contribution in [0.4, 0.5) is 5.82 Å². The Balaban J connectivity index is 1.65. The maximum atomic E-state index is 12.7. The fourth-order valence-corrected chi connectivity index (χ4v) is 5.09. The Kier molecular flexibility index (Phi) is 22.2. The zero-order valence-corrected chi connectivity index (χ0v) is 29.8. The van der Waals surface area contributed by atoms with Crippen molar-refractivity contribution < 1.29 is 43.2 Å². The monoisotopic (exact) mass is 740 g/mol. The van der Waals surface area contributed by atoms with E-state index in [1.165, 1.54) is 12.1 Å². The Morgan fingerprint density at radius 2 is 1.54 bits per heavy atom. The second-order valence-electron chi connectivity index (χ2n) is 11.0. The lowest BCUT2D eigenvalue weighted by atomic mass is 9.90. The first kappa shape index (κ1) is 42.5. The second-order valence-corrected chi connectivity index (χ2v) is 11.8. The summed E-state index contributed by atoms with van der Waals surface area (Å²) in [5, 5.41) is 19.0. The van der Waals surface area contributed by atoms with Crippen LogP contribution >= 0.6 is 23.2 Å². The van der Waals surface area contributed by atoms with Crippen LogP contribution in [0.1, 0.15) is 49.1 Å². The number of carboxylic acid groups (broad SMARTS) is 1. The number of carbonyl (C=O) groups is 3. The number of halogens is 2. The highest BCUT2D eigenvalue weighted by Crippen LogP contribution is 2.38. The molecule has 1 heterocycles. The van der Waals surface area contributed by atoms with Crippen molar-refractivity contribution in [3.8, 4) is 5.75 Å². The number of nitrogens with one attached hydrogen (secondary N) is 2.